The molecular formula is C14H14ClNO6. The van der Waals surface area contributed by atoms with Crippen molar-refractivity contribution in [3.05, 3.63) is 57.5 Å². The Balaban J connectivity index is 1.81. The first-order valence-electron chi connectivity index (χ1n) is 6.41. The Morgan fingerprint density at radius 2 is 2.18 bits per heavy atom. The smallest absolute Gasteiger partial charge is 0.311 e. The fourth-order valence-corrected chi connectivity index (χ4v) is 1.84. The second kappa shape index (κ2) is 7.79. The zero-order valence-corrected chi connectivity index (χ0v) is 12.2. The van der Waals surface area contributed by atoms with Gasteiger partial charge in [-0.1, -0.05) is 11.6 Å². The van der Waals surface area contributed by atoms with Crippen LogP contribution in [0.15, 0.2) is 41.0 Å². The van der Waals surface area contributed by atoms with E-state index in [1.165, 1.54) is 24.5 Å². The normalized spacial score (nSPS) is 12.1. The maximum atomic E-state index is 10.9. The van der Waals surface area contributed by atoms with Gasteiger partial charge < -0.3 is 19.0 Å². The summed E-state index contributed by atoms with van der Waals surface area (Å²) in [4.78, 5) is 10.3. The first kappa shape index (κ1) is 16.3. The molecule has 1 N–H and O–H groups in total. The Kier molecular flexibility index (Phi) is 5.76. The Morgan fingerprint density at radius 3 is 2.86 bits per heavy atom. The number of aliphatic hydroxyl groups is 1. The Morgan fingerprint density at radius 1 is 1.36 bits per heavy atom. The van der Waals surface area contributed by atoms with Crippen LogP contribution in [0.4, 0.5) is 5.69 Å². The highest BCUT2D eigenvalue weighted by molar-refractivity contribution is 6.30. The predicted octanol–water partition coefficient (Wildman–Crippen LogP) is 2.80. The first-order chi connectivity index (χ1) is 10.6. The lowest BCUT2D eigenvalue weighted by Gasteiger charge is -2.12. The van der Waals surface area contributed by atoms with E-state index in [9.17, 15) is 15.2 Å². The van der Waals surface area contributed by atoms with Gasteiger partial charge >= 0.3 is 5.69 Å². The maximum Gasteiger partial charge on any atom is 0.311 e. The van der Waals surface area contributed by atoms with Gasteiger partial charge in [0, 0.05) is 17.2 Å². The van der Waals surface area contributed by atoms with Gasteiger partial charge in [0.05, 0.1) is 17.8 Å². The van der Waals surface area contributed by atoms with E-state index < -0.39 is 11.0 Å². The summed E-state index contributed by atoms with van der Waals surface area (Å²) in [7, 11) is 0. The summed E-state index contributed by atoms with van der Waals surface area (Å²) < 4.78 is 15.6. The second-order valence-corrected chi connectivity index (χ2v) is 4.86. The van der Waals surface area contributed by atoms with Gasteiger partial charge in [-0.3, -0.25) is 10.1 Å². The van der Waals surface area contributed by atoms with E-state index in [2.05, 4.69) is 0 Å². The zero-order valence-electron chi connectivity index (χ0n) is 11.5. The molecule has 118 valence electrons. The molecule has 1 heterocycles. The van der Waals surface area contributed by atoms with Crippen molar-refractivity contribution < 1.29 is 23.9 Å². The molecule has 7 nitrogen and oxygen atoms in total. The van der Waals surface area contributed by atoms with Gasteiger partial charge in [-0.2, -0.15) is 0 Å². The highest BCUT2D eigenvalue weighted by Gasteiger charge is 2.17. The third-order valence-electron chi connectivity index (χ3n) is 2.68. The number of nitro groups is 1. The minimum Gasteiger partial charge on any atom is -0.484 e. The Hall–Kier alpha value is -2.09. The third kappa shape index (κ3) is 4.73. The van der Waals surface area contributed by atoms with Crippen LogP contribution in [0.5, 0.6) is 5.75 Å². The minimum absolute atomic E-state index is 0.00239. The fraction of sp³-hybridized carbons (Fsp3) is 0.286. The van der Waals surface area contributed by atoms with Crippen LogP contribution in [-0.2, 0) is 11.3 Å². The van der Waals surface area contributed by atoms with Gasteiger partial charge in [0.25, 0.3) is 0 Å². The van der Waals surface area contributed by atoms with E-state index in [0.717, 1.165) is 0 Å². The van der Waals surface area contributed by atoms with Crippen molar-refractivity contribution in [3.63, 3.8) is 0 Å². The van der Waals surface area contributed by atoms with Gasteiger partial charge in [-0.05, 0) is 18.2 Å². The molecule has 0 fully saturated rings. The number of nitro benzene ring substituents is 1. The molecule has 0 spiro atoms. The van der Waals surface area contributed by atoms with Crippen LogP contribution >= 0.6 is 11.6 Å². The number of benzene rings is 1. The number of ether oxygens (including phenoxy) is 2. The lowest BCUT2D eigenvalue weighted by molar-refractivity contribution is -0.385. The summed E-state index contributed by atoms with van der Waals surface area (Å²) in [6.07, 6.45) is 0.588. The topological polar surface area (TPSA) is 95.0 Å². The standard InChI is InChI=1S/C14H14ClNO6/c15-10-3-4-13(16(18)19)14(6-10)22-8-11(17)7-20-9-12-2-1-5-21-12/h1-6,11,17H,7-9H2. The summed E-state index contributed by atoms with van der Waals surface area (Å²) in [6.45, 7) is 0.0791. The molecule has 0 amide bonds. The predicted molar refractivity (Wildman–Crippen MR) is 78.0 cm³/mol. The molecule has 22 heavy (non-hydrogen) atoms. The van der Waals surface area contributed by atoms with Crippen molar-refractivity contribution in [2.75, 3.05) is 13.2 Å². The largest absolute Gasteiger partial charge is 0.484 e. The average molecular weight is 328 g/mol. The summed E-state index contributed by atoms with van der Waals surface area (Å²) in [5, 5.41) is 20.9. The molecule has 0 aliphatic carbocycles. The maximum absolute atomic E-state index is 10.9. The van der Waals surface area contributed by atoms with Gasteiger partial charge in [-0.15, -0.1) is 0 Å². The monoisotopic (exact) mass is 327 g/mol. The molecule has 8 heteroatoms. The molecule has 1 atom stereocenters. The Labute approximate surface area is 131 Å². The van der Waals surface area contributed by atoms with Crippen LogP contribution in [0, 0.1) is 10.1 Å². The van der Waals surface area contributed by atoms with E-state index >= 15 is 0 Å². The molecule has 1 aromatic heterocycles. The molecule has 0 saturated heterocycles. The van der Waals surface area contributed by atoms with Crippen molar-refractivity contribution in [2.24, 2.45) is 0 Å². The number of rotatable bonds is 8. The van der Waals surface area contributed by atoms with E-state index in [1.54, 1.807) is 12.1 Å². The van der Waals surface area contributed by atoms with E-state index in [1.807, 2.05) is 0 Å². The number of aliphatic hydroxyl groups excluding tert-OH is 1. The molecule has 0 saturated carbocycles. The van der Waals surface area contributed by atoms with Crippen LogP contribution in [0.2, 0.25) is 5.02 Å². The number of hydrogen-bond acceptors (Lipinski definition) is 6. The molecule has 2 rings (SSSR count). The molecular weight excluding hydrogens is 314 g/mol. The summed E-state index contributed by atoms with van der Waals surface area (Å²) in [5.74, 6) is 0.640. The molecule has 1 aromatic carbocycles. The van der Waals surface area contributed by atoms with Crippen LogP contribution in [0.1, 0.15) is 5.76 Å². The number of nitrogens with zero attached hydrogens (tertiary/aromatic N) is 1. The lowest BCUT2D eigenvalue weighted by atomic mass is 10.3. The highest BCUT2D eigenvalue weighted by Crippen LogP contribution is 2.29. The van der Waals surface area contributed by atoms with E-state index in [0.29, 0.717) is 10.8 Å². The van der Waals surface area contributed by atoms with E-state index in [-0.39, 0.29) is 31.3 Å². The average Bonchev–Trinajstić information content (AvgIpc) is 2.98. The van der Waals surface area contributed by atoms with Gasteiger partial charge in [0.2, 0.25) is 0 Å². The summed E-state index contributed by atoms with van der Waals surface area (Å²) in [5.41, 5.74) is -0.215. The SMILES string of the molecule is O=[N+]([O-])c1ccc(Cl)cc1OCC(O)COCc1ccco1. The van der Waals surface area contributed by atoms with Gasteiger partial charge in [0.15, 0.2) is 5.75 Å². The zero-order chi connectivity index (χ0) is 15.9. The fourth-order valence-electron chi connectivity index (χ4n) is 1.68. The highest BCUT2D eigenvalue weighted by atomic mass is 35.5. The summed E-state index contributed by atoms with van der Waals surface area (Å²) in [6, 6.07) is 7.46. The van der Waals surface area contributed by atoms with Crippen molar-refractivity contribution in [1.29, 1.82) is 0 Å². The minimum atomic E-state index is -0.937. The van der Waals surface area contributed by atoms with Crippen LogP contribution in [-0.4, -0.2) is 29.3 Å². The third-order valence-corrected chi connectivity index (χ3v) is 2.92. The first-order valence-corrected chi connectivity index (χ1v) is 6.79. The quantitative estimate of drug-likeness (QED) is 0.591. The van der Waals surface area contributed by atoms with Gasteiger partial charge in [0.1, 0.15) is 25.1 Å². The van der Waals surface area contributed by atoms with Crippen molar-refractivity contribution in [3.8, 4) is 5.75 Å². The van der Waals surface area contributed by atoms with Crippen molar-refractivity contribution in [2.45, 2.75) is 12.7 Å². The van der Waals surface area contributed by atoms with Crippen LogP contribution in [0.3, 0.4) is 0 Å². The summed E-state index contributed by atoms with van der Waals surface area (Å²) >= 11 is 5.78. The van der Waals surface area contributed by atoms with Crippen LogP contribution < -0.4 is 4.74 Å². The molecule has 0 radical (unpaired) electrons. The molecule has 2 aromatic rings. The number of furan rings is 1. The molecule has 0 aliphatic rings. The van der Waals surface area contributed by atoms with Gasteiger partial charge in [-0.25, -0.2) is 0 Å². The van der Waals surface area contributed by atoms with E-state index in [4.69, 9.17) is 25.5 Å². The number of hydrogen-bond donors (Lipinski definition) is 1. The number of halogens is 1. The second-order valence-electron chi connectivity index (χ2n) is 4.43. The molecule has 0 aliphatic heterocycles. The van der Waals surface area contributed by atoms with Crippen molar-refractivity contribution >= 4 is 17.3 Å². The van der Waals surface area contributed by atoms with Crippen molar-refractivity contribution in [1.82, 2.24) is 0 Å². The molecule has 1 unspecified atom stereocenters. The Bertz CT molecular complexity index is 616. The lowest BCUT2D eigenvalue weighted by Crippen LogP contribution is -2.23. The van der Waals surface area contributed by atoms with Crippen LogP contribution in [0.25, 0.3) is 0 Å². The molecule has 0 bridgehead atoms.